The van der Waals surface area contributed by atoms with Crippen LogP contribution in [-0.2, 0) is 4.79 Å². The number of nitrogens with one attached hydrogen (secondary N) is 1. The van der Waals surface area contributed by atoms with E-state index < -0.39 is 0 Å². The third kappa shape index (κ3) is 4.46. The monoisotopic (exact) mass is 342 g/mol. The second-order valence-electron chi connectivity index (χ2n) is 7.07. The molecular weight excluding hydrogens is 316 g/mol. The molecule has 0 bridgehead atoms. The third-order valence-corrected chi connectivity index (χ3v) is 5.51. The molecule has 1 aliphatic rings. The van der Waals surface area contributed by atoms with Crippen molar-refractivity contribution in [1.82, 2.24) is 10.2 Å². The highest BCUT2D eigenvalue weighted by atomic mass is 32.1. The zero-order valence-corrected chi connectivity index (χ0v) is 15.3. The van der Waals surface area contributed by atoms with E-state index in [2.05, 4.69) is 47.6 Å². The first-order valence-electron chi connectivity index (χ1n) is 8.72. The molecule has 0 radical (unpaired) electrons. The number of rotatable bonds is 5. The van der Waals surface area contributed by atoms with Crippen LogP contribution in [0, 0.1) is 11.8 Å². The van der Waals surface area contributed by atoms with Crippen LogP contribution < -0.4 is 5.32 Å². The van der Waals surface area contributed by atoms with E-state index in [9.17, 15) is 4.79 Å². The Morgan fingerprint density at radius 3 is 2.50 bits per heavy atom. The van der Waals surface area contributed by atoms with Gasteiger partial charge in [0.25, 0.3) is 0 Å². The van der Waals surface area contributed by atoms with Gasteiger partial charge in [0.1, 0.15) is 0 Å². The first-order valence-corrected chi connectivity index (χ1v) is 9.60. The van der Waals surface area contributed by atoms with Crippen molar-refractivity contribution in [2.24, 2.45) is 11.8 Å². The minimum absolute atomic E-state index is 0.0571. The van der Waals surface area contributed by atoms with Crippen molar-refractivity contribution < 1.29 is 4.79 Å². The zero-order chi connectivity index (χ0) is 16.9. The molecule has 1 fully saturated rings. The van der Waals surface area contributed by atoms with Crippen molar-refractivity contribution in [3.05, 3.63) is 58.3 Å². The van der Waals surface area contributed by atoms with Gasteiger partial charge in [-0.3, -0.25) is 9.69 Å². The Morgan fingerprint density at radius 1 is 1.17 bits per heavy atom. The van der Waals surface area contributed by atoms with Gasteiger partial charge in [-0.05, 0) is 35.3 Å². The van der Waals surface area contributed by atoms with E-state index in [1.54, 1.807) is 11.3 Å². The second-order valence-corrected chi connectivity index (χ2v) is 8.05. The Hall–Kier alpha value is -1.65. The van der Waals surface area contributed by atoms with E-state index in [0.29, 0.717) is 18.4 Å². The number of carbonyl (C=O) groups excluding carboxylic acids is 1. The second kappa shape index (κ2) is 7.95. The van der Waals surface area contributed by atoms with E-state index >= 15 is 0 Å². The maximum Gasteiger partial charge on any atom is 0.234 e. The summed E-state index contributed by atoms with van der Waals surface area (Å²) in [5, 5.41) is 5.30. The number of thiophene rings is 1. The highest BCUT2D eigenvalue weighted by Crippen LogP contribution is 2.26. The van der Waals surface area contributed by atoms with Crippen molar-refractivity contribution in [3.8, 4) is 0 Å². The minimum Gasteiger partial charge on any atom is -0.343 e. The highest BCUT2D eigenvalue weighted by molar-refractivity contribution is 7.10. The van der Waals surface area contributed by atoms with Crippen LogP contribution in [0.4, 0.5) is 0 Å². The molecule has 0 unspecified atom stereocenters. The van der Waals surface area contributed by atoms with Crippen LogP contribution in [0.25, 0.3) is 0 Å². The zero-order valence-electron chi connectivity index (χ0n) is 14.4. The number of benzene rings is 1. The van der Waals surface area contributed by atoms with Gasteiger partial charge in [0, 0.05) is 18.0 Å². The predicted molar refractivity (Wildman–Crippen MR) is 100 cm³/mol. The summed E-state index contributed by atoms with van der Waals surface area (Å²) in [6.07, 6.45) is 1.26. The van der Waals surface area contributed by atoms with E-state index in [4.69, 9.17) is 0 Å². The topological polar surface area (TPSA) is 32.3 Å². The number of likely N-dealkylation sites (tertiary alicyclic amines) is 1. The van der Waals surface area contributed by atoms with Crippen molar-refractivity contribution >= 4 is 17.2 Å². The van der Waals surface area contributed by atoms with Crippen molar-refractivity contribution in [1.29, 1.82) is 0 Å². The molecule has 0 aliphatic carbocycles. The molecule has 2 aromatic rings. The van der Waals surface area contributed by atoms with Crippen LogP contribution in [-0.4, -0.2) is 30.4 Å². The van der Waals surface area contributed by atoms with Crippen molar-refractivity contribution in [2.75, 3.05) is 19.6 Å². The lowest BCUT2D eigenvalue weighted by Gasteiger charge is -2.34. The molecule has 0 spiro atoms. The summed E-state index contributed by atoms with van der Waals surface area (Å²) >= 11 is 1.69. The number of hydrogen-bond donors (Lipinski definition) is 1. The quantitative estimate of drug-likeness (QED) is 0.893. The van der Waals surface area contributed by atoms with E-state index in [1.807, 2.05) is 24.3 Å². The summed E-state index contributed by atoms with van der Waals surface area (Å²) < 4.78 is 0. The molecular formula is C20H26N2OS. The molecule has 1 aliphatic heterocycles. The lowest BCUT2D eigenvalue weighted by atomic mass is 9.92. The van der Waals surface area contributed by atoms with Crippen LogP contribution in [0.5, 0.6) is 0 Å². The maximum atomic E-state index is 12.7. The number of piperidine rings is 1. The first-order chi connectivity index (χ1) is 11.6. The Kier molecular flexibility index (Phi) is 5.69. The molecule has 24 heavy (non-hydrogen) atoms. The molecule has 1 amide bonds. The van der Waals surface area contributed by atoms with Gasteiger partial charge in [0.05, 0.1) is 12.6 Å². The van der Waals surface area contributed by atoms with Gasteiger partial charge >= 0.3 is 0 Å². The van der Waals surface area contributed by atoms with Crippen LogP contribution in [0.2, 0.25) is 0 Å². The van der Waals surface area contributed by atoms with Gasteiger partial charge in [-0.1, -0.05) is 50.2 Å². The summed E-state index contributed by atoms with van der Waals surface area (Å²) in [5.74, 6) is 1.45. The van der Waals surface area contributed by atoms with Gasteiger partial charge in [0.15, 0.2) is 0 Å². The first kappa shape index (κ1) is 17.2. The van der Waals surface area contributed by atoms with Crippen molar-refractivity contribution in [2.45, 2.75) is 26.3 Å². The largest absolute Gasteiger partial charge is 0.343 e. The fourth-order valence-corrected chi connectivity index (χ4v) is 4.55. The van der Waals surface area contributed by atoms with E-state index in [0.717, 1.165) is 18.7 Å². The van der Waals surface area contributed by atoms with Crippen LogP contribution >= 0.6 is 11.3 Å². The van der Waals surface area contributed by atoms with Crippen molar-refractivity contribution in [3.63, 3.8) is 0 Å². The number of nitrogens with zero attached hydrogens (tertiary/aromatic N) is 1. The summed E-state index contributed by atoms with van der Waals surface area (Å²) in [4.78, 5) is 16.1. The van der Waals surface area contributed by atoms with Crippen LogP contribution in [0.3, 0.4) is 0 Å². The number of hydrogen-bond acceptors (Lipinski definition) is 3. The molecule has 2 heterocycles. The van der Waals surface area contributed by atoms with Gasteiger partial charge in [0.2, 0.25) is 5.91 Å². The van der Waals surface area contributed by atoms with Crippen LogP contribution in [0.15, 0.2) is 47.8 Å². The van der Waals surface area contributed by atoms with Gasteiger partial charge in [-0.2, -0.15) is 0 Å². The summed E-state index contributed by atoms with van der Waals surface area (Å²) in [6, 6.07) is 14.3. The SMILES string of the molecule is C[C@@H]1C[C@@H](C)CN(CC(=O)N[C@@H](c2ccccc2)c2cccs2)C1. The molecule has 1 aromatic heterocycles. The van der Waals surface area contributed by atoms with Gasteiger partial charge < -0.3 is 5.32 Å². The maximum absolute atomic E-state index is 12.7. The average Bonchev–Trinajstić information content (AvgIpc) is 3.06. The number of carbonyl (C=O) groups is 1. The van der Waals surface area contributed by atoms with Gasteiger partial charge in [-0.25, -0.2) is 0 Å². The molecule has 4 heteroatoms. The highest BCUT2D eigenvalue weighted by Gasteiger charge is 2.25. The molecule has 1 saturated heterocycles. The summed E-state index contributed by atoms with van der Waals surface area (Å²) in [6.45, 7) is 7.08. The molecule has 3 nitrogen and oxygen atoms in total. The van der Waals surface area contributed by atoms with E-state index in [-0.39, 0.29) is 11.9 Å². The Balaban J connectivity index is 1.68. The lowest BCUT2D eigenvalue weighted by Crippen LogP contribution is -2.45. The molecule has 0 saturated carbocycles. The molecule has 1 aromatic carbocycles. The van der Waals surface area contributed by atoms with Gasteiger partial charge in [-0.15, -0.1) is 11.3 Å². The molecule has 3 rings (SSSR count). The Bertz CT molecular complexity index is 631. The standard InChI is InChI=1S/C20H26N2OS/c1-15-11-16(2)13-22(12-15)14-19(23)21-20(18-9-6-10-24-18)17-7-4-3-5-8-17/h3-10,15-16,20H,11-14H2,1-2H3,(H,21,23)/t15-,16-,20+/m1/s1. The predicted octanol–water partition coefficient (Wildman–Crippen LogP) is 3.93. The normalized spacial score (nSPS) is 22.9. The fourth-order valence-electron chi connectivity index (χ4n) is 3.75. The lowest BCUT2D eigenvalue weighted by molar-refractivity contribution is -0.123. The van der Waals surface area contributed by atoms with E-state index in [1.165, 1.54) is 11.3 Å². The number of amides is 1. The summed E-state index contributed by atoms with van der Waals surface area (Å²) in [5.41, 5.74) is 1.13. The minimum atomic E-state index is -0.0571. The smallest absolute Gasteiger partial charge is 0.234 e. The third-order valence-electron chi connectivity index (χ3n) is 4.58. The Morgan fingerprint density at radius 2 is 1.88 bits per heavy atom. The van der Waals surface area contributed by atoms with Crippen LogP contribution in [0.1, 0.15) is 36.8 Å². The Labute approximate surface area is 148 Å². The molecule has 1 N–H and O–H groups in total. The fraction of sp³-hybridized carbons (Fsp3) is 0.450. The molecule has 3 atom stereocenters. The average molecular weight is 343 g/mol. The molecule has 128 valence electrons. The summed E-state index contributed by atoms with van der Waals surface area (Å²) in [7, 11) is 0.